The van der Waals surface area contributed by atoms with Crippen LogP contribution in [0.2, 0.25) is 0 Å². The van der Waals surface area contributed by atoms with Crippen molar-refractivity contribution in [1.82, 2.24) is 4.90 Å². The molecule has 0 radical (unpaired) electrons. The second-order valence-electron chi connectivity index (χ2n) is 5.62. The summed E-state index contributed by atoms with van der Waals surface area (Å²) < 4.78 is 0. The van der Waals surface area contributed by atoms with Gasteiger partial charge in [-0.2, -0.15) is 5.26 Å². The van der Waals surface area contributed by atoms with Gasteiger partial charge in [-0.05, 0) is 38.1 Å². The van der Waals surface area contributed by atoms with Crippen LogP contribution in [-0.4, -0.2) is 30.6 Å². The molecule has 0 spiro atoms. The van der Waals surface area contributed by atoms with Crippen molar-refractivity contribution in [2.45, 2.75) is 25.8 Å². The second kappa shape index (κ2) is 6.15. The quantitative estimate of drug-likeness (QED) is 0.929. The topological polar surface area (TPSA) is 39.1 Å². The van der Waals surface area contributed by atoms with Gasteiger partial charge in [0.05, 0.1) is 11.6 Å². The van der Waals surface area contributed by atoms with E-state index in [4.69, 9.17) is 0 Å². The van der Waals surface area contributed by atoms with E-state index in [1.165, 1.54) is 19.4 Å². The lowest BCUT2D eigenvalue weighted by atomic mass is 10.0. The molecular formula is C18H21N3. The summed E-state index contributed by atoms with van der Waals surface area (Å²) in [5.74, 6) is 0. The Hall–Kier alpha value is -2.05. The highest BCUT2D eigenvalue weighted by Gasteiger charge is 2.22. The Morgan fingerprint density at radius 1 is 1.24 bits per heavy atom. The summed E-state index contributed by atoms with van der Waals surface area (Å²) in [4.78, 5) is 2.54. The van der Waals surface area contributed by atoms with E-state index in [1.807, 2.05) is 30.3 Å². The zero-order valence-corrected chi connectivity index (χ0v) is 12.5. The van der Waals surface area contributed by atoms with Crippen molar-refractivity contribution in [2.75, 3.05) is 25.0 Å². The van der Waals surface area contributed by atoms with E-state index >= 15 is 0 Å². The first-order valence-electron chi connectivity index (χ1n) is 7.73. The fourth-order valence-electron chi connectivity index (χ4n) is 3.32. The highest BCUT2D eigenvalue weighted by atomic mass is 15.2. The maximum absolute atomic E-state index is 9.22. The van der Waals surface area contributed by atoms with Crippen LogP contribution in [0.15, 0.2) is 36.4 Å². The Morgan fingerprint density at radius 2 is 2.05 bits per heavy atom. The molecule has 1 atom stereocenters. The van der Waals surface area contributed by atoms with Crippen LogP contribution in [0.3, 0.4) is 0 Å². The van der Waals surface area contributed by atoms with Crippen molar-refractivity contribution in [2.24, 2.45) is 0 Å². The number of likely N-dealkylation sites (N-methyl/N-ethyl adjacent to an activating group) is 1. The zero-order chi connectivity index (χ0) is 14.7. The number of hydrogen-bond acceptors (Lipinski definition) is 3. The molecule has 3 nitrogen and oxygen atoms in total. The van der Waals surface area contributed by atoms with Gasteiger partial charge in [0.25, 0.3) is 0 Å². The average molecular weight is 279 g/mol. The smallest absolute Gasteiger partial charge is 0.0998 e. The SMILES string of the molecule is CCN1CCCC1CNc1ccc(C#N)c2ccccc12. The van der Waals surface area contributed by atoms with Crippen molar-refractivity contribution in [1.29, 1.82) is 5.26 Å². The van der Waals surface area contributed by atoms with Crippen LogP contribution in [0, 0.1) is 11.3 Å². The third kappa shape index (κ3) is 2.72. The Morgan fingerprint density at radius 3 is 2.81 bits per heavy atom. The van der Waals surface area contributed by atoms with Crippen LogP contribution < -0.4 is 5.32 Å². The third-order valence-corrected chi connectivity index (χ3v) is 4.48. The lowest BCUT2D eigenvalue weighted by Gasteiger charge is -2.23. The van der Waals surface area contributed by atoms with Gasteiger partial charge < -0.3 is 5.32 Å². The monoisotopic (exact) mass is 279 g/mol. The number of rotatable bonds is 4. The maximum Gasteiger partial charge on any atom is 0.0998 e. The summed E-state index contributed by atoms with van der Waals surface area (Å²) in [6.07, 6.45) is 2.57. The number of nitrogens with zero attached hydrogens (tertiary/aromatic N) is 2. The van der Waals surface area contributed by atoms with Crippen LogP contribution in [0.1, 0.15) is 25.3 Å². The maximum atomic E-state index is 9.22. The molecule has 0 bridgehead atoms. The van der Waals surface area contributed by atoms with Crippen molar-refractivity contribution in [3.05, 3.63) is 42.0 Å². The van der Waals surface area contributed by atoms with E-state index in [0.717, 1.165) is 35.1 Å². The molecule has 108 valence electrons. The Balaban J connectivity index is 1.83. The molecule has 2 aromatic carbocycles. The van der Waals surface area contributed by atoms with Crippen LogP contribution in [0.5, 0.6) is 0 Å². The molecule has 2 aromatic rings. The Labute approximate surface area is 126 Å². The fraction of sp³-hybridized carbons (Fsp3) is 0.389. The molecule has 21 heavy (non-hydrogen) atoms. The third-order valence-electron chi connectivity index (χ3n) is 4.48. The first kappa shape index (κ1) is 13.9. The van der Waals surface area contributed by atoms with Gasteiger partial charge in [-0.15, -0.1) is 0 Å². The minimum absolute atomic E-state index is 0.629. The molecular weight excluding hydrogens is 258 g/mol. The average Bonchev–Trinajstić information content (AvgIpc) is 3.00. The molecule has 1 saturated heterocycles. The van der Waals surface area contributed by atoms with E-state index in [0.29, 0.717) is 6.04 Å². The number of likely N-dealkylation sites (tertiary alicyclic amines) is 1. The number of nitriles is 1. The molecule has 3 rings (SSSR count). The van der Waals surface area contributed by atoms with Crippen LogP contribution in [0.25, 0.3) is 10.8 Å². The van der Waals surface area contributed by atoms with Crippen molar-refractivity contribution in [3.63, 3.8) is 0 Å². The van der Waals surface area contributed by atoms with E-state index in [1.54, 1.807) is 0 Å². The molecule has 0 aliphatic carbocycles. The highest BCUT2D eigenvalue weighted by Crippen LogP contribution is 2.27. The number of benzene rings is 2. The lowest BCUT2D eigenvalue weighted by Crippen LogP contribution is -2.34. The minimum atomic E-state index is 0.629. The molecule has 1 heterocycles. The molecule has 3 heteroatoms. The predicted octanol–water partition coefficient (Wildman–Crippen LogP) is 3.61. The summed E-state index contributed by atoms with van der Waals surface area (Å²) in [6, 6.07) is 15.0. The van der Waals surface area contributed by atoms with Gasteiger partial charge in [-0.1, -0.05) is 31.2 Å². The van der Waals surface area contributed by atoms with E-state index in [-0.39, 0.29) is 0 Å². The van der Waals surface area contributed by atoms with Gasteiger partial charge in [-0.3, -0.25) is 4.90 Å². The number of anilines is 1. The molecule has 1 unspecified atom stereocenters. The van der Waals surface area contributed by atoms with Gasteiger partial charge in [0.15, 0.2) is 0 Å². The predicted molar refractivity (Wildman–Crippen MR) is 87.4 cm³/mol. The molecule has 1 aliphatic heterocycles. The lowest BCUT2D eigenvalue weighted by molar-refractivity contribution is 0.277. The van der Waals surface area contributed by atoms with E-state index in [9.17, 15) is 5.26 Å². The summed E-state index contributed by atoms with van der Waals surface area (Å²) in [6.45, 7) is 5.55. The molecule has 0 amide bonds. The van der Waals surface area contributed by atoms with Gasteiger partial charge in [-0.25, -0.2) is 0 Å². The van der Waals surface area contributed by atoms with Gasteiger partial charge >= 0.3 is 0 Å². The fourth-order valence-corrected chi connectivity index (χ4v) is 3.32. The summed E-state index contributed by atoms with van der Waals surface area (Å²) in [5, 5.41) is 15.0. The van der Waals surface area contributed by atoms with E-state index in [2.05, 4.69) is 29.3 Å². The normalized spacial score (nSPS) is 18.8. The number of fused-ring (bicyclic) bond motifs is 1. The number of hydrogen-bond donors (Lipinski definition) is 1. The van der Waals surface area contributed by atoms with Crippen LogP contribution >= 0.6 is 0 Å². The van der Waals surface area contributed by atoms with Crippen LogP contribution in [-0.2, 0) is 0 Å². The second-order valence-corrected chi connectivity index (χ2v) is 5.62. The number of nitrogens with one attached hydrogen (secondary N) is 1. The van der Waals surface area contributed by atoms with Gasteiger partial charge in [0, 0.05) is 29.0 Å². The summed E-state index contributed by atoms with van der Waals surface area (Å²) >= 11 is 0. The summed E-state index contributed by atoms with van der Waals surface area (Å²) in [5.41, 5.74) is 1.87. The van der Waals surface area contributed by atoms with Crippen LogP contribution in [0.4, 0.5) is 5.69 Å². The standard InChI is InChI=1S/C18H21N3/c1-2-21-11-5-6-15(21)13-20-18-10-9-14(12-19)16-7-3-4-8-17(16)18/h3-4,7-10,15,20H,2,5-6,11,13H2,1H3. The first-order valence-corrected chi connectivity index (χ1v) is 7.73. The molecule has 1 N–H and O–H groups in total. The van der Waals surface area contributed by atoms with Crippen molar-refractivity contribution < 1.29 is 0 Å². The van der Waals surface area contributed by atoms with Gasteiger partial charge in [0.2, 0.25) is 0 Å². The minimum Gasteiger partial charge on any atom is -0.383 e. The van der Waals surface area contributed by atoms with Crippen molar-refractivity contribution >= 4 is 16.5 Å². The molecule has 0 saturated carbocycles. The molecule has 1 aliphatic rings. The largest absolute Gasteiger partial charge is 0.383 e. The molecule has 0 aromatic heterocycles. The molecule has 1 fully saturated rings. The first-order chi connectivity index (χ1) is 10.3. The zero-order valence-electron chi connectivity index (χ0n) is 12.5. The van der Waals surface area contributed by atoms with E-state index < -0.39 is 0 Å². The Kier molecular flexibility index (Phi) is 4.08. The van der Waals surface area contributed by atoms with Crippen molar-refractivity contribution in [3.8, 4) is 6.07 Å². The summed E-state index contributed by atoms with van der Waals surface area (Å²) in [7, 11) is 0. The highest BCUT2D eigenvalue weighted by molar-refractivity contribution is 5.97. The van der Waals surface area contributed by atoms with Gasteiger partial charge in [0.1, 0.15) is 0 Å². The Bertz CT molecular complexity index is 672.